The van der Waals surface area contributed by atoms with Gasteiger partial charge in [-0.2, -0.15) is 0 Å². The SMILES string of the molecule is Cc1ccccc1[C@@H](NC(=O)CN(c1ccc(OCc2ccccc2)cc1)S(C)(=O)=O)c1ccccc1. The first-order valence-electron chi connectivity index (χ1n) is 12.0. The molecule has 1 atom stereocenters. The summed E-state index contributed by atoms with van der Waals surface area (Å²) < 4.78 is 32.2. The molecule has 6 nitrogen and oxygen atoms in total. The highest BCUT2D eigenvalue weighted by atomic mass is 32.2. The third-order valence-electron chi connectivity index (χ3n) is 6.00. The van der Waals surface area contributed by atoms with Crippen LogP contribution >= 0.6 is 0 Å². The van der Waals surface area contributed by atoms with Crippen molar-refractivity contribution in [3.8, 4) is 5.75 Å². The highest BCUT2D eigenvalue weighted by Crippen LogP contribution is 2.26. The summed E-state index contributed by atoms with van der Waals surface area (Å²) in [7, 11) is -3.72. The highest BCUT2D eigenvalue weighted by molar-refractivity contribution is 7.92. The summed E-state index contributed by atoms with van der Waals surface area (Å²) in [5.74, 6) is 0.195. The lowest BCUT2D eigenvalue weighted by molar-refractivity contribution is -0.120. The van der Waals surface area contributed by atoms with Gasteiger partial charge in [0.2, 0.25) is 15.9 Å². The van der Waals surface area contributed by atoms with Crippen LogP contribution in [-0.4, -0.2) is 27.1 Å². The summed E-state index contributed by atoms with van der Waals surface area (Å²) in [5, 5.41) is 3.04. The highest BCUT2D eigenvalue weighted by Gasteiger charge is 2.24. The van der Waals surface area contributed by atoms with Gasteiger partial charge >= 0.3 is 0 Å². The number of aryl methyl sites for hydroxylation is 1. The second-order valence-electron chi connectivity index (χ2n) is 8.81. The molecule has 0 aliphatic rings. The minimum atomic E-state index is -3.72. The van der Waals surface area contributed by atoms with Gasteiger partial charge in [-0.1, -0.05) is 84.9 Å². The van der Waals surface area contributed by atoms with Gasteiger partial charge in [0.05, 0.1) is 18.0 Å². The first-order chi connectivity index (χ1) is 17.8. The Kier molecular flexibility index (Phi) is 8.25. The Morgan fingerprint density at radius 1 is 0.838 bits per heavy atom. The summed E-state index contributed by atoms with van der Waals surface area (Å²) in [5.41, 5.74) is 4.31. The maximum Gasteiger partial charge on any atom is 0.241 e. The number of anilines is 1. The molecule has 1 N–H and O–H groups in total. The Morgan fingerprint density at radius 3 is 2.05 bits per heavy atom. The molecule has 0 saturated heterocycles. The monoisotopic (exact) mass is 514 g/mol. The van der Waals surface area contributed by atoms with Crippen molar-refractivity contribution in [1.29, 1.82) is 0 Å². The molecule has 0 unspecified atom stereocenters. The van der Waals surface area contributed by atoms with Gasteiger partial charge in [-0.3, -0.25) is 9.10 Å². The summed E-state index contributed by atoms with van der Waals surface area (Å²) in [4.78, 5) is 13.2. The molecule has 0 aliphatic carbocycles. The van der Waals surface area contributed by atoms with Crippen molar-refractivity contribution >= 4 is 21.6 Å². The number of nitrogens with one attached hydrogen (secondary N) is 1. The number of carbonyl (C=O) groups excluding carboxylic acids is 1. The molecule has 0 spiro atoms. The zero-order valence-electron chi connectivity index (χ0n) is 20.9. The van der Waals surface area contributed by atoms with Crippen molar-refractivity contribution in [2.75, 3.05) is 17.1 Å². The summed E-state index contributed by atoms with van der Waals surface area (Å²) in [6.45, 7) is 2.04. The second kappa shape index (κ2) is 11.8. The Labute approximate surface area is 218 Å². The van der Waals surface area contributed by atoms with E-state index >= 15 is 0 Å². The van der Waals surface area contributed by atoms with E-state index in [4.69, 9.17) is 4.74 Å². The number of sulfonamides is 1. The molecule has 0 aliphatic heterocycles. The average molecular weight is 515 g/mol. The van der Waals surface area contributed by atoms with Crippen molar-refractivity contribution in [2.45, 2.75) is 19.6 Å². The van der Waals surface area contributed by atoms with Gasteiger partial charge in [0, 0.05) is 0 Å². The van der Waals surface area contributed by atoms with Crippen LogP contribution in [0.4, 0.5) is 5.69 Å². The topological polar surface area (TPSA) is 75.7 Å². The Hall–Kier alpha value is -4.10. The molecule has 0 heterocycles. The fraction of sp³-hybridized carbons (Fsp3) is 0.167. The molecule has 0 bridgehead atoms. The number of hydrogen-bond acceptors (Lipinski definition) is 4. The first-order valence-corrected chi connectivity index (χ1v) is 13.8. The van der Waals surface area contributed by atoms with Gasteiger partial charge in [-0.25, -0.2) is 8.42 Å². The molecular formula is C30H30N2O4S. The van der Waals surface area contributed by atoms with E-state index in [2.05, 4.69) is 5.32 Å². The van der Waals surface area contributed by atoms with Crippen LogP contribution in [0, 0.1) is 6.92 Å². The molecule has 4 aromatic rings. The van der Waals surface area contributed by atoms with Crippen LogP contribution in [0.1, 0.15) is 28.3 Å². The predicted octanol–water partition coefficient (Wildman–Crippen LogP) is 5.25. The first kappa shape index (κ1) is 26.0. The standard InChI is InChI=1S/C30H30N2O4S/c1-23-11-9-10-16-28(23)30(25-14-7-4-8-15-25)31-29(33)21-32(37(2,34)35)26-17-19-27(20-18-26)36-22-24-12-5-3-6-13-24/h3-20,30H,21-22H2,1-2H3,(H,31,33)/t30-/m0/s1. The minimum absolute atomic E-state index is 0.349. The molecule has 37 heavy (non-hydrogen) atoms. The maximum atomic E-state index is 13.2. The maximum absolute atomic E-state index is 13.2. The molecule has 7 heteroatoms. The lowest BCUT2D eigenvalue weighted by Gasteiger charge is -2.25. The smallest absolute Gasteiger partial charge is 0.241 e. The zero-order chi connectivity index (χ0) is 26.3. The fourth-order valence-corrected chi connectivity index (χ4v) is 4.94. The Morgan fingerprint density at radius 2 is 1.43 bits per heavy atom. The van der Waals surface area contributed by atoms with Crippen molar-refractivity contribution in [3.63, 3.8) is 0 Å². The van der Waals surface area contributed by atoms with Crippen LogP contribution in [-0.2, 0) is 21.4 Å². The van der Waals surface area contributed by atoms with Gasteiger partial charge in [0.25, 0.3) is 0 Å². The molecule has 0 aromatic heterocycles. The van der Waals surface area contributed by atoms with Crippen LogP contribution < -0.4 is 14.4 Å². The van der Waals surface area contributed by atoms with Gasteiger partial charge in [0.1, 0.15) is 18.9 Å². The molecule has 0 saturated carbocycles. The van der Waals surface area contributed by atoms with E-state index < -0.39 is 22.0 Å². The van der Waals surface area contributed by atoms with E-state index in [9.17, 15) is 13.2 Å². The van der Waals surface area contributed by atoms with Crippen LogP contribution in [0.5, 0.6) is 5.75 Å². The van der Waals surface area contributed by atoms with Gasteiger partial charge < -0.3 is 10.1 Å². The number of benzene rings is 4. The molecule has 1 amide bonds. The van der Waals surface area contributed by atoms with Crippen molar-refractivity contribution in [3.05, 3.63) is 131 Å². The number of rotatable bonds is 10. The van der Waals surface area contributed by atoms with Gasteiger partial charge in [0.15, 0.2) is 0 Å². The number of ether oxygens (including phenoxy) is 1. The quantitative estimate of drug-likeness (QED) is 0.314. The number of carbonyl (C=O) groups is 1. The number of hydrogen-bond donors (Lipinski definition) is 1. The zero-order valence-corrected chi connectivity index (χ0v) is 21.7. The molecule has 0 radical (unpaired) electrons. The molecule has 190 valence electrons. The van der Waals surface area contributed by atoms with Gasteiger partial charge in [-0.15, -0.1) is 0 Å². The molecule has 0 fully saturated rings. The van der Waals surface area contributed by atoms with Crippen molar-refractivity contribution < 1.29 is 17.9 Å². The van der Waals surface area contributed by atoms with Gasteiger partial charge in [-0.05, 0) is 53.4 Å². The van der Waals surface area contributed by atoms with E-state index in [1.54, 1.807) is 24.3 Å². The lowest BCUT2D eigenvalue weighted by Crippen LogP contribution is -2.42. The summed E-state index contributed by atoms with van der Waals surface area (Å²) >= 11 is 0. The normalized spacial score (nSPS) is 11.9. The van der Waals surface area contributed by atoms with Crippen LogP contribution in [0.15, 0.2) is 109 Å². The lowest BCUT2D eigenvalue weighted by atomic mass is 9.95. The Balaban J connectivity index is 1.51. The van der Waals surface area contributed by atoms with Crippen molar-refractivity contribution in [2.24, 2.45) is 0 Å². The fourth-order valence-electron chi connectivity index (χ4n) is 4.08. The van der Waals surface area contributed by atoms with E-state index in [-0.39, 0.29) is 6.54 Å². The minimum Gasteiger partial charge on any atom is -0.489 e. The number of nitrogens with zero attached hydrogens (tertiary/aromatic N) is 1. The molecular weight excluding hydrogens is 484 g/mol. The van der Waals surface area contributed by atoms with Crippen LogP contribution in [0.25, 0.3) is 0 Å². The largest absolute Gasteiger partial charge is 0.489 e. The molecule has 4 rings (SSSR count). The van der Waals surface area contributed by atoms with E-state index in [1.165, 1.54) is 0 Å². The second-order valence-corrected chi connectivity index (χ2v) is 10.7. The number of amides is 1. The molecule has 4 aromatic carbocycles. The van der Waals surface area contributed by atoms with Crippen LogP contribution in [0.3, 0.4) is 0 Å². The van der Waals surface area contributed by atoms with E-state index in [0.717, 1.165) is 32.8 Å². The predicted molar refractivity (Wildman–Crippen MR) is 147 cm³/mol. The van der Waals surface area contributed by atoms with E-state index in [0.29, 0.717) is 18.0 Å². The van der Waals surface area contributed by atoms with Crippen LogP contribution in [0.2, 0.25) is 0 Å². The average Bonchev–Trinajstić information content (AvgIpc) is 2.90. The summed E-state index contributed by atoms with van der Waals surface area (Å²) in [6, 6.07) is 33.5. The van der Waals surface area contributed by atoms with Crippen molar-refractivity contribution in [1.82, 2.24) is 5.32 Å². The summed E-state index contributed by atoms with van der Waals surface area (Å²) in [6.07, 6.45) is 1.09. The third kappa shape index (κ3) is 6.98. The van der Waals surface area contributed by atoms with E-state index in [1.807, 2.05) is 91.9 Å². The third-order valence-corrected chi connectivity index (χ3v) is 7.14. The Bertz CT molecular complexity index is 1420.